The highest BCUT2D eigenvalue weighted by Crippen LogP contribution is 2.27. The molecule has 6 rings (SSSR count). The Bertz CT molecular complexity index is 1820. The highest BCUT2D eigenvalue weighted by Gasteiger charge is 2.03. The first-order valence-electron chi connectivity index (χ1n) is 15.2. The largest absolute Gasteiger partial charge is 0.0622 e. The topological polar surface area (TPSA) is 0 Å². The molecule has 0 heterocycles. The average Bonchev–Trinajstić information content (AvgIpc) is 3.08. The van der Waals surface area contributed by atoms with Crippen molar-refractivity contribution in [1.82, 2.24) is 0 Å². The minimum absolute atomic E-state index is 1.18. The van der Waals surface area contributed by atoms with Crippen LogP contribution in [0.25, 0.3) is 58.4 Å². The van der Waals surface area contributed by atoms with E-state index in [0.717, 1.165) is 0 Å². The summed E-state index contributed by atoms with van der Waals surface area (Å²) >= 11 is 0. The molecule has 0 aromatic heterocycles. The zero-order valence-electron chi connectivity index (χ0n) is 25.3. The molecule has 0 bridgehead atoms. The second-order valence-corrected chi connectivity index (χ2v) is 11.2. The van der Waals surface area contributed by atoms with Crippen molar-refractivity contribution in [3.8, 4) is 0 Å². The number of rotatable bonds is 8. The van der Waals surface area contributed by atoms with Crippen LogP contribution in [0.3, 0.4) is 0 Å². The summed E-state index contributed by atoms with van der Waals surface area (Å²) in [5.74, 6) is 0. The molecule has 0 spiro atoms. The summed E-state index contributed by atoms with van der Waals surface area (Å²) in [6, 6.07) is 51.6. The summed E-state index contributed by atoms with van der Waals surface area (Å²) in [7, 11) is 0. The van der Waals surface area contributed by atoms with Crippen LogP contribution in [0, 0.1) is 0 Å². The third-order valence-electron chi connectivity index (χ3n) is 7.98. The molecule has 0 nitrogen and oxygen atoms in total. The van der Waals surface area contributed by atoms with Crippen LogP contribution < -0.4 is 0 Å². The van der Waals surface area contributed by atoms with Crippen LogP contribution in [-0.4, -0.2) is 0 Å². The van der Waals surface area contributed by atoms with Crippen LogP contribution in [0.1, 0.15) is 58.4 Å². The van der Waals surface area contributed by atoms with Crippen molar-refractivity contribution >= 4 is 58.4 Å². The van der Waals surface area contributed by atoms with Gasteiger partial charge >= 0.3 is 0 Å². The van der Waals surface area contributed by atoms with Gasteiger partial charge < -0.3 is 0 Å². The molecular weight excluding hydrogens is 528 g/mol. The van der Waals surface area contributed by atoms with Gasteiger partial charge in [0.2, 0.25) is 0 Å². The van der Waals surface area contributed by atoms with E-state index < -0.39 is 0 Å². The predicted molar refractivity (Wildman–Crippen MR) is 195 cm³/mol. The molecule has 0 N–H and O–H groups in total. The van der Waals surface area contributed by atoms with Crippen molar-refractivity contribution in [3.05, 3.63) is 190 Å². The van der Waals surface area contributed by atoms with Crippen LogP contribution >= 0.6 is 0 Å². The second kappa shape index (κ2) is 13.7. The Balaban J connectivity index is 1.20. The smallest absolute Gasteiger partial charge is 0.00389 e. The molecule has 44 heavy (non-hydrogen) atoms. The van der Waals surface area contributed by atoms with E-state index in [4.69, 9.17) is 0 Å². The predicted octanol–water partition coefficient (Wildman–Crippen LogP) is 12.3. The highest BCUT2D eigenvalue weighted by atomic mass is 14.1. The Morgan fingerprint density at radius 2 is 0.750 bits per heavy atom. The van der Waals surface area contributed by atoms with E-state index in [0.29, 0.717) is 0 Å². The first-order valence-corrected chi connectivity index (χ1v) is 15.2. The fourth-order valence-corrected chi connectivity index (χ4v) is 5.53. The normalized spacial score (nSPS) is 12.4. The monoisotopic (exact) mass is 564 g/mol. The minimum atomic E-state index is 1.18. The van der Waals surface area contributed by atoms with Crippen LogP contribution in [0.5, 0.6) is 0 Å². The van der Waals surface area contributed by atoms with E-state index in [1.165, 1.54) is 66.4 Å². The molecule has 0 saturated carbocycles. The number of fused-ring (bicyclic) bond motifs is 1. The van der Waals surface area contributed by atoms with Gasteiger partial charge in [-0.2, -0.15) is 0 Å². The van der Waals surface area contributed by atoms with E-state index in [9.17, 15) is 0 Å². The van der Waals surface area contributed by atoms with Gasteiger partial charge in [-0.25, -0.2) is 0 Å². The lowest BCUT2D eigenvalue weighted by Crippen LogP contribution is -1.84. The van der Waals surface area contributed by atoms with Crippen molar-refractivity contribution in [2.24, 2.45) is 0 Å². The van der Waals surface area contributed by atoms with Gasteiger partial charge in [-0.15, -0.1) is 0 Å². The summed E-state index contributed by atoms with van der Waals surface area (Å²) in [6.07, 6.45) is 13.4. The van der Waals surface area contributed by atoms with Crippen molar-refractivity contribution in [2.75, 3.05) is 0 Å². The summed E-state index contributed by atoms with van der Waals surface area (Å²) in [4.78, 5) is 0. The van der Waals surface area contributed by atoms with Gasteiger partial charge in [-0.3, -0.25) is 0 Å². The number of hydrogen-bond acceptors (Lipinski definition) is 0. The standard InChI is InChI=1S/C44H36/c1-33(39-11-5-3-6-12-39)31-37-23-19-35(20-24-37)27-29-42-17-9-15-41-16-10-18-43(44(41)42)30-28-36-21-25-38(26-22-36)32-34(2)40-13-7-4-8-14-40/h3-32H,1-2H3/b29-27-,30-28-,33-31-,34-32-. The maximum Gasteiger partial charge on any atom is -0.00389 e. The first kappa shape index (κ1) is 28.6. The molecule has 0 amide bonds. The summed E-state index contributed by atoms with van der Waals surface area (Å²) in [5, 5.41) is 2.50. The Hall–Kier alpha value is -5.46. The van der Waals surface area contributed by atoms with E-state index >= 15 is 0 Å². The summed E-state index contributed by atoms with van der Waals surface area (Å²) in [5.41, 5.74) is 12.2. The van der Waals surface area contributed by atoms with Gasteiger partial charge in [0.1, 0.15) is 0 Å². The van der Waals surface area contributed by atoms with Gasteiger partial charge in [0, 0.05) is 0 Å². The third kappa shape index (κ3) is 7.12. The first-order chi connectivity index (χ1) is 21.6. The van der Waals surface area contributed by atoms with E-state index in [1.54, 1.807) is 0 Å². The lowest BCUT2D eigenvalue weighted by Gasteiger charge is -2.07. The minimum Gasteiger partial charge on any atom is -0.0622 e. The number of benzene rings is 6. The van der Waals surface area contributed by atoms with Crippen LogP contribution in [0.15, 0.2) is 146 Å². The molecule has 0 unspecified atom stereocenters. The second-order valence-electron chi connectivity index (χ2n) is 11.2. The molecule has 0 aliphatic rings. The molecule has 0 radical (unpaired) electrons. The van der Waals surface area contributed by atoms with E-state index in [1.807, 2.05) is 0 Å². The van der Waals surface area contributed by atoms with Crippen molar-refractivity contribution in [3.63, 3.8) is 0 Å². The van der Waals surface area contributed by atoms with Crippen molar-refractivity contribution in [2.45, 2.75) is 13.8 Å². The molecule has 0 aliphatic heterocycles. The molecule has 0 saturated heterocycles. The zero-order valence-corrected chi connectivity index (χ0v) is 25.3. The summed E-state index contributed by atoms with van der Waals surface area (Å²) in [6.45, 7) is 4.33. The lowest BCUT2D eigenvalue weighted by molar-refractivity contribution is 1.57. The van der Waals surface area contributed by atoms with Gasteiger partial charge in [0.25, 0.3) is 0 Å². The number of allylic oxidation sites excluding steroid dienone is 2. The fraction of sp³-hybridized carbons (Fsp3) is 0.0455. The van der Waals surface area contributed by atoms with Crippen molar-refractivity contribution in [1.29, 1.82) is 0 Å². The third-order valence-corrected chi connectivity index (χ3v) is 7.98. The molecule has 0 aliphatic carbocycles. The van der Waals surface area contributed by atoms with Gasteiger partial charge in [0.05, 0.1) is 0 Å². The number of hydrogen-bond donors (Lipinski definition) is 0. The molecule has 0 fully saturated rings. The molecule has 0 heteroatoms. The Kier molecular flexibility index (Phi) is 8.90. The maximum absolute atomic E-state index is 2.24. The van der Waals surface area contributed by atoms with Crippen LogP contribution in [0.4, 0.5) is 0 Å². The SMILES string of the molecule is C/C(=C/c1ccc(/C=C\c2cccc3cccc(/C=C\c4ccc(/C=C(/C)c5ccccc5)cc4)c23)cc1)c1ccccc1. The van der Waals surface area contributed by atoms with Gasteiger partial charge in [-0.05, 0) is 80.3 Å². The average molecular weight is 565 g/mol. The molecule has 6 aromatic carbocycles. The molecule has 6 aromatic rings. The fourth-order valence-electron chi connectivity index (χ4n) is 5.53. The van der Waals surface area contributed by atoms with E-state index in [2.05, 4.69) is 196 Å². The maximum atomic E-state index is 2.24. The van der Waals surface area contributed by atoms with E-state index in [-0.39, 0.29) is 0 Å². The summed E-state index contributed by atoms with van der Waals surface area (Å²) < 4.78 is 0. The van der Waals surface area contributed by atoms with Crippen LogP contribution in [-0.2, 0) is 0 Å². The van der Waals surface area contributed by atoms with Gasteiger partial charge in [0.15, 0.2) is 0 Å². The molecular formula is C44H36. The Morgan fingerprint density at radius 3 is 1.16 bits per heavy atom. The highest BCUT2D eigenvalue weighted by molar-refractivity contribution is 6.00. The van der Waals surface area contributed by atoms with Crippen molar-refractivity contribution < 1.29 is 0 Å². The zero-order chi connectivity index (χ0) is 30.1. The van der Waals surface area contributed by atoms with Crippen LogP contribution in [0.2, 0.25) is 0 Å². The Morgan fingerprint density at radius 1 is 0.364 bits per heavy atom. The lowest BCUT2D eigenvalue weighted by atomic mass is 9.97. The Labute approximate surface area is 261 Å². The molecule has 0 atom stereocenters. The van der Waals surface area contributed by atoms with Gasteiger partial charge in [-0.1, -0.05) is 182 Å². The quantitative estimate of drug-likeness (QED) is 0.161. The molecule has 212 valence electrons.